The summed E-state index contributed by atoms with van der Waals surface area (Å²) >= 11 is 5.78. The molecule has 3 heterocycles. The SMILES string of the molecule is CN(C)C(=O)C(=O)N(C)C12CCC(CF)(CC1)CN1C(=O)C(=O)C(C(=O)NCc3cccc(Cl)c3F)N=C12. The van der Waals surface area contributed by atoms with Crippen LogP contribution in [-0.2, 0) is 30.5 Å². The van der Waals surface area contributed by atoms with E-state index in [9.17, 15) is 32.8 Å². The summed E-state index contributed by atoms with van der Waals surface area (Å²) in [6, 6.07) is 2.45. The van der Waals surface area contributed by atoms with Crippen molar-refractivity contribution in [3.8, 4) is 0 Å². The van der Waals surface area contributed by atoms with Gasteiger partial charge in [0.05, 0.1) is 11.7 Å². The largest absolute Gasteiger partial charge is 0.350 e. The number of Topliss-reactive ketones (excluding diaryl/α,β-unsaturated/α-hetero) is 1. The lowest BCUT2D eigenvalue weighted by Crippen LogP contribution is -2.65. The third kappa shape index (κ3) is 4.44. The van der Waals surface area contributed by atoms with Crippen LogP contribution >= 0.6 is 11.6 Å². The van der Waals surface area contributed by atoms with E-state index in [0.717, 1.165) is 9.80 Å². The van der Waals surface area contributed by atoms with Crippen molar-refractivity contribution < 1.29 is 32.8 Å². The first-order valence-electron chi connectivity index (χ1n) is 12.1. The van der Waals surface area contributed by atoms with Gasteiger partial charge in [-0.3, -0.25) is 33.3 Å². The molecule has 1 saturated carbocycles. The third-order valence-corrected chi connectivity index (χ3v) is 8.10. The minimum absolute atomic E-state index is 0.0218. The average Bonchev–Trinajstić information content (AvgIpc) is 3.14. The number of ketones is 1. The van der Waals surface area contributed by atoms with Crippen molar-refractivity contribution in [1.29, 1.82) is 0 Å². The zero-order valence-electron chi connectivity index (χ0n) is 21.2. The van der Waals surface area contributed by atoms with Gasteiger partial charge in [-0.2, -0.15) is 0 Å². The first-order valence-corrected chi connectivity index (χ1v) is 12.5. The highest BCUT2D eigenvalue weighted by molar-refractivity contribution is 6.46. The number of benzene rings is 1. The first-order chi connectivity index (χ1) is 17.9. The number of amidine groups is 1. The van der Waals surface area contributed by atoms with Gasteiger partial charge in [-0.15, -0.1) is 0 Å². The van der Waals surface area contributed by atoms with Gasteiger partial charge < -0.3 is 15.1 Å². The van der Waals surface area contributed by atoms with Gasteiger partial charge in [0.2, 0.25) is 0 Å². The molecule has 2 saturated heterocycles. The average molecular weight is 552 g/mol. The summed E-state index contributed by atoms with van der Waals surface area (Å²) in [7, 11) is 4.24. The highest BCUT2D eigenvalue weighted by Crippen LogP contribution is 2.49. The fraction of sp³-hybridized carbons (Fsp3) is 0.520. The molecule has 204 valence electrons. The van der Waals surface area contributed by atoms with Crippen molar-refractivity contribution in [2.24, 2.45) is 10.4 Å². The number of likely N-dealkylation sites (N-methyl/N-ethyl adjacent to an activating group) is 2. The van der Waals surface area contributed by atoms with Gasteiger partial charge in [0.25, 0.3) is 17.6 Å². The van der Waals surface area contributed by atoms with E-state index in [1.807, 2.05) is 0 Å². The Morgan fingerprint density at radius 1 is 1.13 bits per heavy atom. The molecule has 38 heavy (non-hydrogen) atoms. The predicted molar refractivity (Wildman–Crippen MR) is 132 cm³/mol. The summed E-state index contributed by atoms with van der Waals surface area (Å²) in [6.45, 7) is -1.21. The number of carbonyl (C=O) groups is 5. The Labute approximate surface area is 223 Å². The summed E-state index contributed by atoms with van der Waals surface area (Å²) < 4.78 is 28.5. The van der Waals surface area contributed by atoms with E-state index in [0.29, 0.717) is 0 Å². The van der Waals surface area contributed by atoms with Crippen molar-refractivity contribution in [3.63, 3.8) is 0 Å². The molecule has 0 spiro atoms. The van der Waals surface area contributed by atoms with Crippen LogP contribution in [0.3, 0.4) is 0 Å². The molecular formula is C25H28ClF2N5O5. The molecule has 13 heteroatoms. The number of hydrogen-bond acceptors (Lipinski definition) is 6. The molecule has 10 nitrogen and oxygen atoms in total. The maximum atomic E-state index is 14.3. The van der Waals surface area contributed by atoms with Crippen molar-refractivity contribution in [2.45, 2.75) is 43.8 Å². The Hall–Kier alpha value is -3.41. The molecule has 1 aromatic carbocycles. The van der Waals surface area contributed by atoms with Crippen LogP contribution in [0, 0.1) is 11.2 Å². The molecule has 1 unspecified atom stereocenters. The molecule has 3 aliphatic heterocycles. The van der Waals surface area contributed by atoms with Crippen LogP contribution in [0.5, 0.6) is 0 Å². The van der Waals surface area contributed by atoms with E-state index in [-0.39, 0.29) is 55.2 Å². The number of nitrogens with zero attached hydrogens (tertiary/aromatic N) is 4. The summed E-state index contributed by atoms with van der Waals surface area (Å²) in [4.78, 5) is 72.7. The molecule has 1 atom stereocenters. The van der Waals surface area contributed by atoms with Gasteiger partial charge in [-0.1, -0.05) is 23.7 Å². The molecular weight excluding hydrogens is 524 g/mol. The Morgan fingerprint density at radius 2 is 1.79 bits per heavy atom. The van der Waals surface area contributed by atoms with Gasteiger partial charge in [0.15, 0.2) is 6.04 Å². The fourth-order valence-electron chi connectivity index (χ4n) is 5.36. The molecule has 1 aromatic rings. The second-order valence-corrected chi connectivity index (χ2v) is 10.7. The minimum Gasteiger partial charge on any atom is -0.350 e. The summed E-state index contributed by atoms with van der Waals surface area (Å²) in [5, 5.41) is 2.28. The highest BCUT2D eigenvalue weighted by Gasteiger charge is 2.59. The van der Waals surface area contributed by atoms with E-state index < -0.39 is 58.9 Å². The van der Waals surface area contributed by atoms with Gasteiger partial charge in [-0.05, 0) is 31.7 Å². The Morgan fingerprint density at radius 3 is 2.39 bits per heavy atom. The van der Waals surface area contributed by atoms with Gasteiger partial charge >= 0.3 is 11.8 Å². The van der Waals surface area contributed by atoms with Gasteiger partial charge in [0.1, 0.15) is 17.2 Å². The number of halogens is 3. The van der Waals surface area contributed by atoms with Crippen molar-refractivity contribution in [3.05, 3.63) is 34.6 Å². The second kappa shape index (κ2) is 10.0. The molecule has 4 aliphatic rings. The van der Waals surface area contributed by atoms with Crippen molar-refractivity contribution in [2.75, 3.05) is 34.4 Å². The van der Waals surface area contributed by atoms with E-state index in [1.165, 1.54) is 44.2 Å². The number of carbonyl (C=O) groups excluding carboxylic acids is 5. The normalized spacial score (nSPS) is 26.3. The Bertz CT molecular complexity index is 1240. The maximum Gasteiger partial charge on any atom is 0.312 e. The van der Waals surface area contributed by atoms with E-state index in [2.05, 4.69) is 10.3 Å². The van der Waals surface area contributed by atoms with Crippen LogP contribution in [0.1, 0.15) is 31.2 Å². The van der Waals surface area contributed by atoms with Gasteiger partial charge in [-0.25, -0.2) is 9.38 Å². The summed E-state index contributed by atoms with van der Waals surface area (Å²) in [6.07, 6.45) is 0.913. The predicted octanol–water partition coefficient (Wildman–Crippen LogP) is 1.10. The second-order valence-electron chi connectivity index (χ2n) is 10.3. The van der Waals surface area contributed by atoms with Crippen LogP contribution in [-0.4, -0.2) is 95.9 Å². The van der Waals surface area contributed by atoms with E-state index >= 15 is 0 Å². The first kappa shape index (κ1) is 27.6. The highest BCUT2D eigenvalue weighted by atomic mass is 35.5. The van der Waals surface area contributed by atoms with E-state index in [1.54, 1.807) is 0 Å². The zero-order chi connectivity index (χ0) is 28.0. The molecule has 4 amide bonds. The number of nitrogens with one attached hydrogen (secondary N) is 1. The Balaban J connectivity index is 1.73. The maximum absolute atomic E-state index is 14.3. The van der Waals surface area contributed by atoms with Crippen molar-refractivity contribution in [1.82, 2.24) is 20.0 Å². The molecule has 2 bridgehead atoms. The molecule has 0 aromatic heterocycles. The molecule has 1 aliphatic carbocycles. The van der Waals surface area contributed by atoms with Crippen LogP contribution in [0.4, 0.5) is 8.78 Å². The van der Waals surface area contributed by atoms with Crippen LogP contribution in [0.25, 0.3) is 0 Å². The standard InChI is InChI=1S/C25H28ClF2N5O5/c1-31(2)21(37)22(38)32(3)25-9-7-24(12-27,8-10-25)13-33-20(36)18(34)17(30-23(25)33)19(35)29-11-14-5-4-6-15(26)16(14)28/h4-6,17H,7-13H2,1-3H3,(H,29,35). The lowest BCUT2D eigenvalue weighted by atomic mass is 9.68. The molecule has 1 N–H and O–H groups in total. The zero-order valence-corrected chi connectivity index (χ0v) is 22.0. The van der Waals surface area contributed by atoms with Crippen LogP contribution in [0.15, 0.2) is 23.2 Å². The number of fused-ring (bicyclic) bond motifs is 2. The lowest BCUT2D eigenvalue weighted by Gasteiger charge is -2.46. The Kier molecular flexibility index (Phi) is 7.30. The number of rotatable bonds is 5. The molecule has 5 rings (SSSR count). The number of hydrogen-bond donors (Lipinski definition) is 1. The molecule has 3 fully saturated rings. The number of aliphatic imine (C=N–C) groups is 1. The number of alkyl halides is 1. The van der Waals surface area contributed by atoms with Crippen LogP contribution in [0.2, 0.25) is 5.02 Å². The third-order valence-electron chi connectivity index (χ3n) is 7.81. The number of amides is 4. The van der Waals surface area contributed by atoms with Crippen molar-refractivity contribution >= 4 is 46.8 Å². The fourth-order valence-corrected chi connectivity index (χ4v) is 5.55. The molecule has 0 radical (unpaired) electrons. The monoisotopic (exact) mass is 551 g/mol. The van der Waals surface area contributed by atoms with E-state index in [4.69, 9.17) is 11.6 Å². The smallest absolute Gasteiger partial charge is 0.312 e. The topological polar surface area (TPSA) is 119 Å². The summed E-state index contributed by atoms with van der Waals surface area (Å²) in [5.41, 5.74) is -2.19. The van der Waals surface area contributed by atoms with Crippen LogP contribution < -0.4 is 5.32 Å². The quantitative estimate of drug-likeness (QED) is 0.434. The lowest BCUT2D eigenvalue weighted by molar-refractivity contribution is -0.152. The summed E-state index contributed by atoms with van der Waals surface area (Å²) in [5.74, 6) is -5.55. The minimum atomic E-state index is -1.79. The van der Waals surface area contributed by atoms with Gasteiger partial charge in [0, 0.05) is 45.2 Å².